The average molecular weight is 298 g/mol. The third-order valence-corrected chi connectivity index (χ3v) is 3.46. The lowest BCUT2D eigenvalue weighted by Gasteiger charge is -2.18. The fourth-order valence-electron chi connectivity index (χ4n) is 2.12. The van der Waals surface area contributed by atoms with E-state index in [1.807, 2.05) is 32.0 Å². The van der Waals surface area contributed by atoms with Crippen LogP contribution in [0.25, 0.3) is 0 Å². The first-order chi connectivity index (χ1) is 10.4. The van der Waals surface area contributed by atoms with E-state index in [2.05, 4.69) is 5.32 Å². The molecule has 114 valence electrons. The molecule has 2 aromatic carbocycles. The molecule has 2 N–H and O–H groups in total. The molecule has 0 spiro atoms. The summed E-state index contributed by atoms with van der Waals surface area (Å²) in [5.74, 6) is -1.27. The van der Waals surface area contributed by atoms with Crippen molar-refractivity contribution in [1.29, 1.82) is 0 Å². The number of amides is 2. The number of anilines is 2. The van der Waals surface area contributed by atoms with Crippen molar-refractivity contribution < 1.29 is 14.7 Å². The standard InChI is InChI=1S/C17H18N2O3/c1-11-5-4-6-12(2)15(11)18-16(21)17(22)19(3)13-7-9-14(20)10-8-13/h4-10,20H,1-3H3,(H,18,21). The molecule has 0 aliphatic heterocycles. The van der Waals surface area contributed by atoms with Crippen molar-refractivity contribution in [3.8, 4) is 5.75 Å². The summed E-state index contributed by atoms with van der Waals surface area (Å²) < 4.78 is 0. The van der Waals surface area contributed by atoms with Gasteiger partial charge in [-0.25, -0.2) is 0 Å². The molecule has 2 aromatic rings. The molecular weight excluding hydrogens is 280 g/mol. The number of carbonyl (C=O) groups excluding carboxylic acids is 2. The van der Waals surface area contributed by atoms with Gasteiger partial charge in [0.2, 0.25) is 0 Å². The van der Waals surface area contributed by atoms with Gasteiger partial charge in [0, 0.05) is 18.4 Å². The molecule has 2 amide bonds. The second kappa shape index (κ2) is 6.30. The van der Waals surface area contributed by atoms with Crippen LogP contribution in [0.4, 0.5) is 11.4 Å². The number of nitrogens with zero attached hydrogens (tertiary/aromatic N) is 1. The van der Waals surface area contributed by atoms with Gasteiger partial charge in [-0.3, -0.25) is 9.59 Å². The topological polar surface area (TPSA) is 69.6 Å². The van der Waals surface area contributed by atoms with Crippen molar-refractivity contribution in [3.63, 3.8) is 0 Å². The number of aromatic hydroxyl groups is 1. The summed E-state index contributed by atoms with van der Waals surface area (Å²) in [6, 6.07) is 11.7. The van der Waals surface area contributed by atoms with E-state index in [1.165, 1.54) is 24.1 Å². The number of hydrogen-bond acceptors (Lipinski definition) is 3. The molecule has 5 nitrogen and oxygen atoms in total. The predicted octanol–water partition coefficient (Wildman–Crippen LogP) is 2.61. The number of hydrogen-bond donors (Lipinski definition) is 2. The molecule has 0 heterocycles. The number of phenolic OH excluding ortho intramolecular Hbond substituents is 1. The van der Waals surface area contributed by atoms with Gasteiger partial charge >= 0.3 is 11.8 Å². The van der Waals surface area contributed by atoms with Crippen LogP contribution in [0.3, 0.4) is 0 Å². The van der Waals surface area contributed by atoms with Gasteiger partial charge < -0.3 is 15.3 Å². The molecule has 0 saturated carbocycles. The second-order valence-electron chi connectivity index (χ2n) is 5.10. The van der Waals surface area contributed by atoms with Crippen LogP contribution in [0.15, 0.2) is 42.5 Å². The van der Waals surface area contributed by atoms with E-state index >= 15 is 0 Å². The molecular formula is C17H18N2O3. The highest BCUT2D eigenvalue weighted by molar-refractivity contribution is 6.44. The third kappa shape index (κ3) is 3.25. The molecule has 0 aliphatic rings. The largest absolute Gasteiger partial charge is 0.508 e. The highest BCUT2D eigenvalue weighted by Gasteiger charge is 2.21. The Morgan fingerprint density at radius 2 is 1.55 bits per heavy atom. The van der Waals surface area contributed by atoms with Gasteiger partial charge in [0.05, 0.1) is 0 Å². The smallest absolute Gasteiger partial charge is 0.316 e. The van der Waals surface area contributed by atoms with Crippen LogP contribution in [0.5, 0.6) is 5.75 Å². The first-order valence-corrected chi connectivity index (χ1v) is 6.84. The summed E-state index contributed by atoms with van der Waals surface area (Å²) in [6.45, 7) is 3.74. The van der Waals surface area contributed by atoms with Crippen molar-refractivity contribution >= 4 is 23.2 Å². The Hall–Kier alpha value is -2.82. The van der Waals surface area contributed by atoms with Crippen LogP contribution in [-0.2, 0) is 9.59 Å². The molecule has 22 heavy (non-hydrogen) atoms. The predicted molar refractivity (Wildman–Crippen MR) is 86.1 cm³/mol. The van der Waals surface area contributed by atoms with Gasteiger partial charge in [-0.1, -0.05) is 18.2 Å². The lowest BCUT2D eigenvalue weighted by Crippen LogP contribution is -2.37. The Morgan fingerprint density at radius 3 is 2.09 bits per heavy atom. The number of para-hydroxylation sites is 1. The first-order valence-electron chi connectivity index (χ1n) is 6.84. The van der Waals surface area contributed by atoms with Crippen molar-refractivity contribution in [3.05, 3.63) is 53.6 Å². The van der Waals surface area contributed by atoms with E-state index in [4.69, 9.17) is 0 Å². The van der Waals surface area contributed by atoms with Gasteiger partial charge in [-0.2, -0.15) is 0 Å². The molecule has 0 unspecified atom stereocenters. The number of phenols is 1. The Bertz CT molecular complexity index is 688. The molecule has 0 radical (unpaired) electrons. The quantitative estimate of drug-likeness (QED) is 0.837. The Kier molecular flexibility index (Phi) is 4.46. The van der Waals surface area contributed by atoms with E-state index in [0.717, 1.165) is 11.1 Å². The minimum absolute atomic E-state index is 0.101. The monoisotopic (exact) mass is 298 g/mol. The molecule has 2 rings (SSSR count). The van der Waals surface area contributed by atoms with E-state index in [0.29, 0.717) is 11.4 Å². The lowest BCUT2D eigenvalue weighted by atomic mass is 10.1. The lowest BCUT2D eigenvalue weighted by molar-refractivity contribution is -0.134. The number of rotatable bonds is 2. The van der Waals surface area contributed by atoms with E-state index in [1.54, 1.807) is 12.1 Å². The molecule has 0 aliphatic carbocycles. The van der Waals surface area contributed by atoms with E-state index in [-0.39, 0.29) is 5.75 Å². The van der Waals surface area contributed by atoms with Gasteiger partial charge in [0.1, 0.15) is 5.75 Å². The van der Waals surface area contributed by atoms with Crippen LogP contribution in [0.2, 0.25) is 0 Å². The van der Waals surface area contributed by atoms with Gasteiger partial charge in [-0.15, -0.1) is 0 Å². The van der Waals surface area contributed by atoms with Crippen molar-refractivity contribution in [2.45, 2.75) is 13.8 Å². The summed E-state index contributed by atoms with van der Waals surface area (Å²) in [4.78, 5) is 25.6. The van der Waals surface area contributed by atoms with Crippen molar-refractivity contribution in [1.82, 2.24) is 0 Å². The maximum atomic E-state index is 12.2. The molecule has 0 aromatic heterocycles. The molecule has 0 fully saturated rings. The zero-order valence-electron chi connectivity index (χ0n) is 12.8. The van der Waals surface area contributed by atoms with E-state index < -0.39 is 11.8 Å². The fourth-order valence-corrected chi connectivity index (χ4v) is 2.12. The van der Waals surface area contributed by atoms with Crippen LogP contribution in [0.1, 0.15) is 11.1 Å². The van der Waals surface area contributed by atoms with Gasteiger partial charge in [0.25, 0.3) is 0 Å². The van der Waals surface area contributed by atoms with Crippen LogP contribution < -0.4 is 10.2 Å². The second-order valence-corrected chi connectivity index (χ2v) is 5.10. The minimum atomic E-state index is -0.701. The Balaban J connectivity index is 2.15. The number of benzene rings is 2. The zero-order valence-corrected chi connectivity index (χ0v) is 12.8. The van der Waals surface area contributed by atoms with Crippen LogP contribution >= 0.6 is 0 Å². The number of nitrogens with one attached hydrogen (secondary N) is 1. The van der Waals surface area contributed by atoms with Gasteiger partial charge in [-0.05, 0) is 49.2 Å². The summed E-state index contributed by atoms with van der Waals surface area (Å²) in [5.41, 5.74) is 2.97. The fraction of sp³-hybridized carbons (Fsp3) is 0.176. The number of likely N-dealkylation sites (N-methyl/N-ethyl adjacent to an activating group) is 1. The zero-order chi connectivity index (χ0) is 16.3. The van der Waals surface area contributed by atoms with Crippen LogP contribution in [-0.4, -0.2) is 24.0 Å². The average Bonchev–Trinajstić information content (AvgIpc) is 2.50. The third-order valence-electron chi connectivity index (χ3n) is 3.46. The van der Waals surface area contributed by atoms with Crippen molar-refractivity contribution in [2.24, 2.45) is 0 Å². The number of carbonyl (C=O) groups is 2. The summed E-state index contributed by atoms with van der Waals surface area (Å²) >= 11 is 0. The molecule has 5 heteroatoms. The summed E-state index contributed by atoms with van der Waals surface area (Å²) in [6.07, 6.45) is 0. The summed E-state index contributed by atoms with van der Waals surface area (Å²) in [5, 5.41) is 11.9. The normalized spacial score (nSPS) is 10.1. The van der Waals surface area contributed by atoms with Crippen molar-refractivity contribution in [2.75, 3.05) is 17.3 Å². The Labute approximate surface area is 129 Å². The van der Waals surface area contributed by atoms with Gasteiger partial charge in [0.15, 0.2) is 0 Å². The summed E-state index contributed by atoms with van der Waals surface area (Å²) in [7, 11) is 1.51. The molecule has 0 atom stereocenters. The highest BCUT2D eigenvalue weighted by atomic mass is 16.3. The Morgan fingerprint density at radius 1 is 1.00 bits per heavy atom. The SMILES string of the molecule is Cc1cccc(C)c1NC(=O)C(=O)N(C)c1ccc(O)cc1. The molecule has 0 saturated heterocycles. The highest BCUT2D eigenvalue weighted by Crippen LogP contribution is 2.20. The number of aryl methyl sites for hydroxylation is 2. The maximum absolute atomic E-state index is 12.2. The van der Waals surface area contributed by atoms with E-state index in [9.17, 15) is 14.7 Å². The maximum Gasteiger partial charge on any atom is 0.316 e. The van der Waals surface area contributed by atoms with Crippen LogP contribution in [0, 0.1) is 13.8 Å². The minimum Gasteiger partial charge on any atom is -0.508 e. The first kappa shape index (κ1) is 15.6. The molecule has 0 bridgehead atoms.